The van der Waals surface area contributed by atoms with Crippen molar-refractivity contribution in [2.24, 2.45) is 4.99 Å². The van der Waals surface area contributed by atoms with Gasteiger partial charge in [0.05, 0.1) is 18.7 Å². The van der Waals surface area contributed by atoms with E-state index in [1.165, 1.54) is 11.1 Å². The summed E-state index contributed by atoms with van der Waals surface area (Å²) in [6.45, 7) is 8.53. The van der Waals surface area contributed by atoms with E-state index in [-0.39, 0.29) is 30.0 Å². The Hall–Kier alpha value is -1.72. The standard InChI is InChI=1S/C22H33N7O.HI/c1-3-23-22(26-20-9-6-11-29-21(20)25-16(2)27-29)24-13-19(30)15-28-12-10-17-7-4-5-8-18(17)14-28;/h4-5,7-8,19-20,30H,3,6,9-15H2,1-2H3,(H2,23,24,26);1H. The van der Waals surface area contributed by atoms with Gasteiger partial charge in [0.25, 0.3) is 0 Å². The molecule has 2 aliphatic rings. The lowest BCUT2D eigenvalue weighted by molar-refractivity contribution is 0.111. The number of benzene rings is 1. The van der Waals surface area contributed by atoms with E-state index < -0.39 is 6.10 Å². The quantitative estimate of drug-likeness (QED) is 0.296. The van der Waals surface area contributed by atoms with E-state index in [1.54, 1.807) is 0 Å². The maximum absolute atomic E-state index is 10.6. The number of hydrogen-bond acceptors (Lipinski definition) is 5. The maximum atomic E-state index is 10.6. The minimum Gasteiger partial charge on any atom is -0.390 e. The molecule has 2 aliphatic heterocycles. The first kappa shape index (κ1) is 23.9. The third-order valence-electron chi connectivity index (χ3n) is 5.77. The second-order valence-electron chi connectivity index (χ2n) is 8.21. The van der Waals surface area contributed by atoms with Crippen LogP contribution in [0, 0.1) is 6.92 Å². The van der Waals surface area contributed by atoms with Crippen LogP contribution in [0.3, 0.4) is 0 Å². The molecule has 3 N–H and O–H groups in total. The number of aryl methyl sites for hydroxylation is 2. The minimum absolute atomic E-state index is 0. The number of fused-ring (bicyclic) bond motifs is 2. The number of hydrogen-bond donors (Lipinski definition) is 3. The highest BCUT2D eigenvalue weighted by atomic mass is 127. The van der Waals surface area contributed by atoms with Gasteiger partial charge in [-0.3, -0.25) is 9.89 Å². The lowest BCUT2D eigenvalue weighted by Crippen LogP contribution is -2.42. The fraction of sp³-hybridized carbons (Fsp3) is 0.591. The molecule has 1 aromatic heterocycles. The SMILES string of the molecule is CCNC(=NCC(O)CN1CCc2ccccc2C1)NC1CCCn2nc(C)nc21.I. The van der Waals surface area contributed by atoms with Gasteiger partial charge in [0.15, 0.2) is 5.96 Å². The predicted octanol–water partition coefficient (Wildman–Crippen LogP) is 2.01. The van der Waals surface area contributed by atoms with Gasteiger partial charge in [-0.2, -0.15) is 5.10 Å². The minimum atomic E-state index is -0.497. The molecule has 2 atom stereocenters. The second-order valence-corrected chi connectivity index (χ2v) is 8.21. The van der Waals surface area contributed by atoms with E-state index in [2.05, 4.69) is 54.9 Å². The van der Waals surface area contributed by atoms with Crippen molar-refractivity contribution in [3.05, 3.63) is 47.0 Å². The first-order valence-electron chi connectivity index (χ1n) is 11.1. The van der Waals surface area contributed by atoms with Crippen molar-refractivity contribution in [3.63, 3.8) is 0 Å². The van der Waals surface area contributed by atoms with Crippen molar-refractivity contribution in [2.45, 2.75) is 58.3 Å². The Bertz CT molecular complexity index is 884. The molecule has 0 fully saturated rings. The number of nitrogens with one attached hydrogen (secondary N) is 2. The van der Waals surface area contributed by atoms with E-state index in [9.17, 15) is 5.11 Å². The molecule has 4 rings (SSSR count). The number of nitrogens with zero attached hydrogens (tertiary/aromatic N) is 5. The van der Waals surface area contributed by atoms with Gasteiger partial charge < -0.3 is 15.7 Å². The molecule has 0 aliphatic carbocycles. The summed E-state index contributed by atoms with van der Waals surface area (Å²) in [5, 5.41) is 21.9. The number of halogens is 1. The van der Waals surface area contributed by atoms with Crippen molar-refractivity contribution in [2.75, 3.05) is 26.2 Å². The number of aromatic nitrogens is 3. The molecule has 3 heterocycles. The molecule has 170 valence electrons. The first-order chi connectivity index (χ1) is 14.6. The molecule has 0 saturated heterocycles. The van der Waals surface area contributed by atoms with Crippen molar-refractivity contribution >= 4 is 29.9 Å². The summed E-state index contributed by atoms with van der Waals surface area (Å²) in [6, 6.07) is 8.67. The van der Waals surface area contributed by atoms with E-state index in [0.717, 1.165) is 63.0 Å². The molecular weight excluding hydrogens is 505 g/mol. The van der Waals surface area contributed by atoms with E-state index in [4.69, 9.17) is 0 Å². The van der Waals surface area contributed by atoms with E-state index in [1.807, 2.05) is 18.5 Å². The van der Waals surface area contributed by atoms with Crippen molar-refractivity contribution in [1.29, 1.82) is 0 Å². The fourth-order valence-corrected chi connectivity index (χ4v) is 4.35. The summed E-state index contributed by atoms with van der Waals surface area (Å²) in [7, 11) is 0. The molecule has 0 amide bonds. The van der Waals surface area contributed by atoms with Gasteiger partial charge in [-0.15, -0.1) is 24.0 Å². The largest absolute Gasteiger partial charge is 0.390 e. The monoisotopic (exact) mass is 539 g/mol. The Labute approximate surface area is 201 Å². The maximum Gasteiger partial charge on any atom is 0.191 e. The van der Waals surface area contributed by atoms with Crippen LogP contribution in [0.5, 0.6) is 0 Å². The van der Waals surface area contributed by atoms with Crippen LogP contribution in [0.15, 0.2) is 29.3 Å². The average molecular weight is 539 g/mol. The highest BCUT2D eigenvalue weighted by Crippen LogP contribution is 2.23. The Morgan fingerprint density at radius 1 is 1.29 bits per heavy atom. The van der Waals surface area contributed by atoms with Crippen LogP contribution in [0.4, 0.5) is 0 Å². The lowest BCUT2D eigenvalue weighted by atomic mass is 10.00. The third kappa shape index (κ3) is 6.17. The van der Waals surface area contributed by atoms with Gasteiger partial charge in [0.2, 0.25) is 0 Å². The van der Waals surface area contributed by atoms with Gasteiger partial charge in [-0.05, 0) is 44.2 Å². The zero-order valence-corrected chi connectivity index (χ0v) is 20.7. The zero-order chi connectivity index (χ0) is 20.9. The highest BCUT2D eigenvalue weighted by molar-refractivity contribution is 14.0. The zero-order valence-electron chi connectivity index (χ0n) is 18.4. The number of aliphatic imine (C=N–C) groups is 1. The fourth-order valence-electron chi connectivity index (χ4n) is 4.35. The van der Waals surface area contributed by atoms with Crippen LogP contribution in [0.25, 0.3) is 0 Å². The molecule has 31 heavy (non-hydrogen) atoms. The van der Waals surface area contributed by atoms with Crippen LogP contribution in [-0.4, -0.2) is 63.0 Å². The van der Waals surface area contributed by atoms with Gasteiger partial charge in [0.1, 0.15) is 11.6 Å². The van der Waals surface area contributed by atoms with Crippen molar-refractivity contribution in [3.8, 4) is 0 Å². The smallest absolute Gasteiger partial charge is 0.191 e. The summed E-state index contributed by atoms with van der Waals surface area (Å²) in [4.78, 5) is 11.6. The number of β-amino-alcohol motifs (C(OH)–C–C–N with tert-alkyl or cyclic N) is 1. The first-order valence-corrected chi connectivity index (χ1v) is 11.1. The number of aliphatic hydroxyl groups is 1. The molecule has 0 saturated carbocycles. The predicted molar refractivity (Wildman–Crippen MR) is 133 cm³/mol. The molecular formula is C22H34IN7O. The van der Waals surface area contributed by atoms with Crippen molar-refractivity contribution < 1.29 is 5.11 Å². The Balaban J connectivity index is 0.00000272. The Kier molecular flexibility index (Phi) is 8.67. The molecule has 1 aromatic carbocycles. The van der Waals surface area contributed by atoms with Crippen LogP contribution in [0.2, 0.25) is 0 Å². The summed E-state index contributed by atoms with van der Waals surface area (Å²) in [5.74, 6) is 2.50. The molecule has 2 aromatic rings. The molecule has 0 radical (unpaired) electrons. The Morgan fingerprint density at radius 2 is 2.10 bits per heavy atom. The van der Waals surface area contributed by atoms with E-state index >= 15 is 0 Å². The summed E-state index contributed by atoms with van der Waals surface area (Å²) < 4.78 is 1.99. The number of rotatable bonds is 6. The topological polar surface area (TPSA) is 90.6 Å². The number of aliphatic hydroxyl groups excluding tert-OH is 1. The van der Waals surface area contributed by atoms with Crippen LogP contribution in [-0.2, 0) is 19.5 Å². The van der Waals surface area contributed by atoms with Gasteiger partial charge in [-0.25, -0.2) is 9.67 Å². The van der Waals surface area contributed by atoms with Crippen LogP contribution >= 0.6 is 24.0 Å². The van der Waals surface area contributed by atoms with Gasteiger partial charge in [-0.1, -0.05) is 24.3 Å². The molecule has 9 heteroatoms. The van der Waals surface area contributed by atoms with Gasteiger partial charge in [0, 0.05) is 32.7 Å². The normalized spacial score (nSPS) is 19.7. The molecule has 2 unspecified atom stereocenters. The van der Waals surface area contributed by atoms with Crippen LogP contribution < -0.4 is 10.6 Å². The van der Waals surface area contributed by atoms with Gasteiger partial charge >= 0.3 is 0 Å². The third-order valence-corrected chi connectivity index (χ3v) is 5.77. The lowest BCUT2D eigenvalue weighted by Gasteiger charge is -2.30. The summed E-state index contributed by atoms with van der Waals surface area (Å²) in [6.07, 6.45) is 2.60. The highest BCUT2D eigenvalue weighted by Gasteiger charge is 2.24. The molecule has 0 spiro atoms. The second kappa shape index (κ2) is 11.2. The molecule has 8 nitrogen and oxygen atoms in total. The summed E-state index contributed by atoms with van der Waals surface area (Å²) >= 11 is 0. The summed E-state index contributed by atoms with van der Waals surface area (Å²) in [5.41, 5.74) is 2.79. The van der Waals surface area contributed by atoms with Crippen LogP contribution in [0.1, 0.15) is 48.6 Å². The average Bonchev–Trinajstić information content (AvgIpc) is 3.13. The molecule has 0 bridgehead atoms. The Morgan fingerprint density at radius 3 is 2.90 bits per heavy atom. The van der Waals surface area contributed by atoms with Crippen molar-refractivity contribution in [1.82, 2.24) is 30.3 Å². The number of guanidine groups is 1. The van der Waals surface area contributed by atoms with E-state index in [0.29, 0.717) is 13.1 Å².